The first-order valence-electron chi connectivity index (χ1n) is 9.08. The fourth-order valence-electron chi connectivity index (χ4n) is 4.91. The zero-order chi connectivity index (χ0) is 17.8. The molecule has 0 spiro atoms. The van der Waals surface area contributed by atoms with E-state index in [1.165, 1.54) is 16.8 Å². The van der Waals surface area contributed by atoms with Crippen molar-refractivity contribution in [1.29, 1.82) is 0 Å². The van der Waals surface area contributed by atoms with Gasteiger partial charge < -0.3 is 20.7 Å². The number of nitrogens with one attached hydrogen (secondary N) is 1. The monoisotopic (exact) mass is 389 g/mol. The summed E-state index contributed by atoms with van der Waals surface area (Å²) in [6.07, 6.45) is 1.08. The number of hydrogen-bond acceptors (Lipinski definition) is 4. The molecule has 0 saturated carbocycles. The quantitative estimate of drug-likeness (QED) is 0.720. The smallest absolute Gasteiger partial charge is 0.0809 e. The second-order valence-electron chi connectivity index (χ2n) is 7.36. The second kappa shape index (κ2) is 6.31. The van der Waals surface area contributed by atoms with Gasteiger partial charge in [0.25, 0.3) is 0 Å². The van der Waals surface area contributed by atoms with Crippen molar-refractivity contribution in [2.24, 2.45) is 0 Å². The molecule has 2 aromatic carbocycles. The summed E-state index contributed by atoms with van der Waals surface area (Å²) in [6.45, 7) is 3.12. The molecule has 3 aliphatic heterocycles. The summed E-state index contributed by atoms with van der Waals surface area (Å²) in [5, 5.41) is 4.94. The van der Waals surface area contributed by atoms with Crippen molar-refractivity contribution in [2.45, 2.75) is 31.0 Å². The highest BCUT2D eigenvalue weighted by Crippen LogP contribution is 2.52. The fraction of sp³-hybridized carbons (Fsp3) is 0.400. The van der Waals surface area contributed by atoms with Gasteiger partial charge in [0, 0.05) is 51.1 Å². The first-order chi connectivity index (χ1) is 12.6. The molecule has 4 nitrogen and oxygen atoms in total. The van der Waals surface area contributed by atoms with Gasteiger partial charge in [-0.2, -0.15) is 0 Å². The van der Waals surface area contributed by atoms with Crippen molar-refractivity contribution < 1.29 is 4.74 Å². The van der Waals surface area contributed by atoms with Crippen LogP contribution < -0.4 is 16.0 Å². The van der Waals surface area contributed by atoms with E-state index in [0.29, 0.717) is 35.2 Å². The molecule has 0 aromatic heterocycles. The number of piperidine rings is 1. The highest BCUT2D eigenvalue weighted by molar-refractivity contribution is 6.36. The topological polar surface area (TPSA) is 50.5 Å². The summed E-state index contributed by atoms with van der Waals surface area (Å²) in [6, 6.07) is 10.3. The van der Waals surface area contributed by atoms with Gasteiger partial charge in [-0.15, -0.1) is 0 Å². The number of hydrogen-bond donors (Lipinski definition) is 2. The van der Waals surface area contributed by atoms with Crippen molar-refractivity contribution in [3.63, 3.8) is 0 Å². The van der Waals surface area contributed by atoms with Gasteiger partial charge in [0.2, 0.25) is 0 Å². The van der Waals surface area contributed by atoms with Crippen LogP contribution in [0.25, 0.3) is 0 Å². The fourth-order valence-corrected chi connectivity index (χ4v) is 5.56. The minimum atomic E-state index is 0.00734. The van der Waals surface area contributed by atoms with Crippen LogP contribution in [0, 0.1) is 0 Å². The van der Waals surface area contributed by atoms with E-state index in [1.54, 1.807) is 0 Å². The zero-order valence-electron chi connectivity index (χ0n) is 14.3. The highest BCUT2D eigenvalue weighted by Gasteiger charge is 2.46. The van der Waals surface area contributed by atoms with Crippen LogP contribution in [0.15, 0.2) is 30.3 Å². The van der Waals surface area contributed by atoms with E-state index in [2.05, 4.69) is 16.3 Å². The normalized spacial score (nSPS) is 27.0. The third-order valence-corrected chi connectivity index (χ3v) is 6.56. The van der Waals surface area contributed by atoms with E-state index in [4.69, 9.17) is 33.7 Å². The minimum absolute atomic E-state index is 0.00734. The van der Waals surface area contributed by atoms with Crippen LogP contribution >= 0.6 is 23.2 Å². The molecule has 0 aliphatic carbocycles. The predicted molar refractivity (Wildman–Crippen MR) is 106 cm³/mol. The van der Waals surface area contributed by atoms with Crippen LogP contribution in [0.3, 0.4) is 0 Å². The van der Waals surface area contributed by atoms with Crippen molar-refractivity contribution in [1.82, 2.24) is 5.32 Å². The van der Waals surface area contributed by atoms with Crippen LogP contribution in [0.4, 0.5) is 11.4 Å². The Hall–Kier alpha value is -1.46. The first kappa shape index (κ1) is 16.7. The molecule has 0 amide bonds. The molecular weight excluding hydrogens is 369 g/mol. The molecule has 2 aromatic rings. The lowest BCUT2D eigenvalue weighted by Gasteiger charge is -2.39. The lowest BCUT2D eigenvalue weighted by molar-refractivity contribution is 0.109. The zero-order valence-corrected chi connectivity index (χ0v) is 15.9. The van der Waals surface area contributed by atoms with E-state index in [0.717, 1.165) is 30.8 Å². The largest absolute Gasteiger partial charge is 0.399 e. The maximum Gasteiger partial charge on any atom is 0.0809 e. The number of fused-ring (bicyclic) bond motifs is 3. The van der Waals surface area contributed by atoms with E-state index in [9.17, 15) is 0 Å². The molecule has 26 heavy (non-hydrogen) atoms. The second-order valence-corrected chi connectivity index (χ2v) is 8.17. The van der Waals surface area contributed by atoms with E-state index < -0.39 is 0 Å². The van der Waals surface area contributed by atoms with Crippen molar-refractivity contribution in [3.05, 3.63) is 57.1 Å². The molecule has 0 radical (unpaired) electrons. The summed E-state index contributed by atoms with van der Waals surface area (Å²) in [5.74, 6) is 0.433. The Morgan fingerprint density at radius 2 is 2.00 bits per heavy atom. The maximum atomic E-state index is 6.58. The Morgan fingerprint density at radius 1 is 1.19 bits per heavy atom. The molecule has 0 bridgehead atoms. The molecule has 5 rings (SSSR count). The van der Waals surface area contributed by atoms with Gasteiger partial charge in [-0.25, -0.2) is 0 Å². The number of anilines is 2. The molecule has 3 atom stereocenters. The van der Waals surface area contributed by atoms with Gasteiger partial charge in [-0.3, -0.25) is 0 Å². The van der Waals surface area contributed by atoms with Crippen LogP contribution in [0.1, 0.15) is 35.1 Å². The third kappa shape index (κ3) is 2.43. The Bertz CT molecular complexity index is 852. The van der Waals surface area contributed by atoms with Crippen LogP contribution in [-0.4, -0.2) is 25.7 Å². The number of benzene rings is 2. The summed E-state index contributed by atoms with van der Waals surface area (Å²) < 4.78 is 6.06. The van der Waals surface area contributed by atoms with E-state index in [-0.39, 0.29) is 6.04 Å². The summed E-state index contributed by atoms with van der Waals surface area (Å²) >= 11 is 13.2. The molecule has 3 heterocycles. The van der Waals surface area contributed by atoms with Gasteiger partial charge in [0.15, 0.2) is 0 Å². The number of nitrogens with zero attached hydrogens (tertiary/aromatic N) is 1. The number of nitrogens with two attached hydrogens (primary N) is 1. The minimum Gasteiger partial charge on any atom is -0.399 e. The lowest BCUT2D eigenvalue weighted by atomic mass is 9.89. The predicted octanol–water partition coefficient (Wildman–Crippen LogP) is 4.11. The molecule has 6 heteroatoms. The number of halogens is 2. The van der Waals surface area contributed by atoms with Gasteiger partial charge >= 0.3 is 0 Å². The van der Waals surface area contributed by atoms with Gasteiger partial charge in [-0.05, 0) is 42.8 Å². The average molecular weight is 390 g/mol. The van der Waals surface area contributed by atoms with E-state index in [1.807, 2.05) is 24.3 Å². The third-order valence-electron chi connectivity index (χ3n) is 5.90. The standard InChI is InChI=1S/C20H21Cl2N3O/c21-15-2-1-3-16(22)19(15)18-10-26-9-11-6-12(23)7-13-14-8-24-5-4-17(14)25(18)20(11)13/h1-3,6-7,14,17-18,24H,4-5,8-10,23H2. The highest BCUT2D eigenvalue weighted by atomic mass is 35.5. The Labute approximate surface area is 163 Å². The summed E-state index contributed by atoms with van der Waals surface area (Å²) in [4.78, 5) is 2.52. The van der Waals surface area contributed by atoms with Gasteiger partial charge in [-0.1, -0.05) is 29.3 Å². The Balaban J connectivity index is 1.72. The number of ether oxygens (including phenoxy) is 1. The molecule has 1 fully saturated rings. The summed E-state index contributed by atoms with van der Waals surface area (Å²) in [5.41, 5.74) is 11.7. The van der Waals surface area contributed by atoms with Crippen LogP contribution in [-0.2, 0) is 11.3 Å². The lowest BCUT2D eigenvalue weighted by Crippen LogP contribution is -2.46. The molecule has 3 aliphatic rings. The van der Waals surface area contributed by atoms with Crippen molar-refractivity contribution >= 4 is 34.6 Å². The van der Waals surface area contributed by atoms with Crippen molar-refractivity contribution in [3.8, 4) is 0 Å². The van der Waals surface area contributed by atoms with Gasteiger partial charge in [0.05, 0.1) is 19.3 Å². The Kier molecular flexibility index (Phi) is 4.05. The average Bonchev–Trinajstić information content (AvgIpc) is 2.82. The van der Waals surface area contributed by atoms with Crippen LogP contribution in [0.5, 0.6) is 0 Å². The molecule has 3 unspecified atom stereocenters. The van der Waals surface area contributed by atoms with E-state index >= 15 is 0 Å². The Morgan fingerprint density at radius 3 is 2.81 bits per heavy atom. The first-order valence-corrected chi connectivity index (χ1v) is 9.83. The van der Waals surface area contributed by atoms with Gasteiger partial charge in [0.1, 0.15) is 0 Å². The molecule has 136 valence electrons. The number of rotatable bonds is 1. The summed E-state index contributed by atoms with van der Waals surface area (Å²) in [7, 11) is 0. The molecule has 3 N–H and O–H groups in total. The SMILES string of the molecule is Nc1cc2c3c(c1)C1CNCCC1N3C(c1c(Cl)cccc1Cl)COC2. The molecule has 1 saturated heterocycles. The maximum absolute atomic E-state index is 6.58. The number of nitrogen functional groups attached to an aromatic ring is 1. The molecular formula is C20H21Cl2N3O. The van der Waals surface area contributed by atoms with Crippen LogP contribution in [0.2, 0.25) is 10.0 Å². The van der Waals surface area contributed by atoms with Crippen molar-refractivity contribution in [2.75, 3.05) is 30.3 Å².